The summed E-state index contributed by atoms with van der Waals surface area (Å²) in [7, 11) is 1.96. The topological polar surface area (TPSA) is 15.3 Å². The smallest absolute Gasteiger partial charge is 0.159 e. The van der Waals surface area contributed by atoms with Crippen molar-refractivity contribution in [1.82, 2.24) is 10.2 Å². The van der Waals surface area contributed by atoms with E-state index in [1.54, 1.807) is 6.07 Å². The van der Waals surface area contributed by atoms with E-state index in [-0.39, 0.29) is 0 Å². The Labute approximate surface area is 101 Å². The maximum Gasteiger partial charge on any atom is 0.159 e. The van der Waals surface area contributed by atoms with Crippen LogP contribution < -0.4 is 5.32 Å². The lowest BCUT2D eigenvalue weighted by atomic mass is 10.1. The second-order valence-corrected chi connectivity index (χ2v) is 4.61. The Balaban J connectivity index is 1.97. The quantitative estimate of drug-likeness (QED) is 0.871. The van der Waals surface area contributed by atoms with Crippen molar-refractivity contribution in [3.63, 3.8) is 0 Å². The molecular weight excluding hydrogens is 222 g/mol. The van der Waals surface area contributed by atoms with Crippen LogP contribution in [0.5, 0.6) is 0 Å². The molecule has 0 bridgehead atoms. The molecule has 1 aromatic rings. The minimum atomic E-state index is -0.777. The molecule has 1 fully saturated rings. The number of likely N-dealkylation sites (tertiary alicyclic amines) is 1. The van der Waals surface area contributed by atoms with E-state index in [9.17, 15) is 8.78 Å². The van der Waals surface area contributed by atoms with Gasteiger partial charge in [0.2, 0.25) is 0 Å². The molecule has 1 unspecified atom stereocenters. The summed E-state index contributed by atoms with van der Waals surface area (Å²) in [6.45, 7) is 2.68. The molecule has 1 heterocycles. The third-order valence-electron chi connectivity index (χ3n) is 3.30. The molecule has 94 valence electrons. The van der Waals surface area contributed by atoms with Gasteiger partial charge in [0.15, 0.2) is 11.6 Å². The first-order valence-corrected chi connectivity index (χ1v) is 6.02. The molecule has 1 saturated heterocycles. The predicted molar refractivity (Wildman–Crippen MR) is 63.7 cm³/mol. The molecule has 2 nitrogen and oxygen atoms in total. The second kappa shape index (κ2) is 5.56. The lowest BCUT2D eigenvalue weighted by Crippen LogP contribution is -2.43. The first-order chi connectivity index (χ1) is 8.19. The van der Waals surface area contributed by atoms with Gasteiger partial charge in [-0.25, -0.2) is 8.78 Å². The molecule has 0 amide bonds. The maximum absolute atomic E-state index is 13.1. The molecule has 1 aromatic carbocycles. The summed E-state index contributed by atoms with van der Waals surface area (Å²) in [5, 5.41) is 3.26. The van der Waals surface area contributed by atoms with Gasteiger partial charge in [-0.1, -0.05) is 6.07 Å². The van der Waals surface area contributed by atoms with Crippen LogP contribution in [0.25, 0.3) is 0 Å². The Morgan fingerprint density at radius 1 is 1.35 bits per heavy atom. The summed E-state index contributed by atoms with van der Waals surface area (Å²) in [5.41, 5.74) is 0.834. The van der Waals surface area contributed by atoms with E-state index in [1.807, 2.05) is 7.05 Å². The molecule has 2 rings (SSSR count). The number of hydrogen-bond donors (Lipinski definition) is 1. The van der Waals surface area contributed by atoms with E-state index in [1.165, 1.54) is 18.6 Å². The van der Waals surface area contributed by atoms with Crippen molar-refractivity contribution in [2.45, 2.75) is 25.4 Å². The first kappa shape index (κ1) is 12.5. The van der Waals surface area contributed by atoms with Gasteiger partial charge in [-0.05, 0) is 44.1 Å². The lowest BCUT2D eigenvalue weighted by molar-refractivity contribution is 0.187. The zero-order chi connectivity index (χ0) is 12.3. The van der Waals surface area contributed by atoms with Gasteiger partial charge in [0.05, 0.1) is 0 Å². The number of likely N-dealkylation sites (N-methyl/N-ethyl adjacent to an activating group) is 1. The van der Waals surface area contributed by atoms with Gasteiger partial charge >= 0.3 is 0 Å². The number of nitrogens with zero attached hydrogens (tertiary/aromatic N) is 1. The minimum absolute atomic E-state index is 0.508. The average Bonchev–Trinajstić information content (AvgIpc) is 2.34. The predicted octanol–water partition coefficient (Wildman–Crippen LogP) is 2.15. The van der Waals surface area contributed by atoms with Gasteiger partial charge in [-0.15, -0.1) is 0 Å². The van der Waals surface area contributed by atoms with Crippen LogP contribution in [0, 0.1) is 11.6 Å². The highest BCUT2D eigenvalue weighted by Gasteiger charge is 2.18. The van der Waals surface area contributed by atoms with E-state index in [4.69, 9.17) is 0 Å². The molecule has 1 aliphatic rings. The van der Waals surface area contributed by atoms with Crippen LogP contribution in [0.1, 0.15) is 18.4 Å². The van der Waals surface area contributed by atoms with Crippen LogP contribution in [0.2, 0.25) is 0 Å². The van der Waals surface area contributed by atoms with E-state index >= 15 is 0 Å². The van der Waals surface area contributed by atoms with Crippen molar-refractivity contribution in [2.24, 2.45) is 0 Å². The van der Waals surface area contributed by atoms with Gasteiger partial charge in [0, 0.05) is 19.1 Å². The van der Waals surface area contributed by atoms with Crippen molar-refractivity contribution in [1.29, 1.82) is 0 Å². The molecule has 0 aromatic heterocycles. The minimum Gasteiger partial charge on any atom is -0.316 e. The third-order valence-corrected chi connectivity index (χ3v) is 3.30. The Morgan fingerprint density at radius 3 is 2.88 bits per heavy atom. The molecule has 4 heteroatoms. The van der Waals surface area contributed by atoms with E-state index < -0.39 is 11.6 Å². The van der Waals surface area contributed by atoms with Gasteiger partial charge in [-0.3, -0.25) is 4.90 Å². The zero-order valence-corrected chi connectivity index (χ0v) is 10.0. The zero-order valence-electron chi connectivity index (χ0n) is 10.0. The average molecular weight is 240 g/mol. The molecular formula is C13H18F2N2. The Morgan fingerprint density at radius 2 is 2.18 bits per heavy atom. The second-order valence-electron chi connectivity index (χ2n) is 4.61. The number of nitrogens with one attached hydrogen (secondary N) is 1. The largest absolute Gasteiger partial charge is 0.316 e. The van der Waals surface area contributed by atoms with Crippen LogP contribution in [-0.2, 0) is 6.54 Å². The summed E-state index contributed by atoms with van der Waals surface area (Å²) < 4.78 is 25.9. The van der Waals surface area contributed by atoms with Crippen LogP contribution in [0.3, 0.4) is 0 Å². The fourth-order valence-electron chi connectivity index (χ4n) is 2.33. The van der Waals surface area contributed by atoms with Crippen LogP contribution in [-0.4, -0.2) is 31.1 Å². The van der Waals surface area contributed by atoms with Crippen LogP contribution in [0.4, 0.5) is 8.78 Å². The first-order valence-electron chi connectivity index (χ1n) is 6.02. The fraction of sp³-hybridized carbons (Fsp3) is 0.538. The number of hydrogen-bond acceptors (Lipinski definition) is 2. The van der Waals surface area contributed by atoms with E-state index in [0.717, 1.165) is 25.1 Å². The highest BCUT2D eigenvalue weighted by molar-refractivity contribution is 5.17. The van der Waals surface area contributed by atoms with Crippen LogP contribution >= 0.6 is 0 Å². The molecule has 0 radical (unpaired) electrons. The Bertz CT molecular complexity index is 382. The summed E-state index contributed by atoms with van der Waals surface area (Å²) >= 11 is 0. The monoisotopic (exact) mass is 240 g/mol. The SMILES string of the molecule is CNC1CCCN(Cc2ccc(F)c(F)c2)C1. The normalized spacial score (nSPS) is 21.7. The van der Waals surface area contributed by atoms with Crippen molar-refractivity contribution in [3.8, 4) is 0 Å². The highest BCUT2D eigenvalue weighted by Crippen LogP contribution is 2.15. The number of halogens is 2. The Kier molecular flexibility index (Phi) is 4.07. The molecule has 0 spiro atoms. The molecule has 1 N–H and O–H groups in total. The summed E-state index contributed by atoms with van der Waals surface area (Å²) in [6, 6.07) is 4.65. The van der Waals surface area contributed by atoms with Gasteiger partial charge < -0.3 is 5.32 Å². The van der Waals surface area contributed by atoms with Gasteiger partial charge in [-0.2, -0.15) is 0 Å². The van der Waals surface area contributed by atoms with Crippen molar-refractivity contribution in [2.75, 3.05) is 20.1 Å². The highest BCUT2D eigenvalue weighted by atomic mass is 19.2. The third kappa shape index (κ3) is 3.23. The number of piperidine rings is 1. The molecule has 1 aliphatic heterocycles. The summed E-state index contributed by atoms with van der Waals surface area (Å²) in [6.07, 6.45) is 2.33. The molecule has 0 saturated carbocycles. The number of rotatable bonds is 3. The lowest BCUT2D eigenvalue weighted by Gasteiger charge is -2.32. The van der Waals surface area contributed by atoms with Crippen molar-refractivity contribution < 1.29 is 8.78 Å². The number of benzene rings is 1. The molecule has 0 aliphatic carbocycles. The van der Waals surface area contributed by atoms with E-state index in [0.29, 0.717) is 12.6 Å². The Hall–Kier alpha value is -1.00. The van der Waals surface area contributed by atoms with Crippen LogP contribution in [0.15, 0.2) is 18.2 Å². The van der Waals surface area contributed by atoms with Gasteiger partial charge in [0.25, 0.3) is 0 Å². The maximum atomic E-state index is 13.1. The molecule has 1 atom stereocenters. The molecule has 17 heavy (non-hydrogen) atoms. The standard InChI is InChI=1S/C13H18F2N2/c1-16-11-3-2-6-17(9-11)8-10-4-5-12(14)13(15)7-10/h4-5,7,11,16H,2-3,6,8-9H2,1H3. The van der Waals surface area contributed by atoms with Crippen molar-refractivity contribution in [3.05, 3.63) is 35.4 Å². The van der Waals surface area contributed by atoms with E-state index in [2.05, 4.69) is 10.2 Å². The van der Waals surface area contributed by atoms with Crippen molar-refractivity contribution >= 4 is 0 Å². The fourth-order valence-corrected chi connectivity index (χ4v) is 2.33. The van der Waals surface area contributed by atoms with Gasteiger partial charge in [0.1, 0.15) is 0 Å². The summed E-state index contributed by atoms with van der Waals surface area (Å²) in [4.78, 5) is 2.28. The summed E-state index contributed by atoms with van der Waals surface area (Å²) in [5.74, 6) is -1.54.